The van der Waals surface area contributed by atoms with Crippen LogP contribution in [-0.4, -0.2) is 59.4 Å². The fourth-order valence-electron chi connectivity index (χ4n) is 6.87. The van der Waals surface area contributed by atoms with E-state index >= 15 is 0 Å². The number of piperazine rings is 1. The lowest BCUT2D eigenvalue weighted by Crippen LogP contribution is -2.73. The number of benzene rings is 2. The molecule has 1 spiro atoms. The van der Waals surface area contributed by atoms with Crippen LogP contribution >= 0.6 is 12.4 Å². The highest BCUT2D eigenvalue weighted by Crippen LogP contribution is 2.36. The molecule has 5 rings (SSSR count). The summed E-state index contributed by atoms with van der Waals surface area (Å²) in [5.74, 6) is 2.51. The molecule has 1 saturated carbocycles. The molecule has 3 aliphatic rings. The topological polar surface area (TPSA) is 61.9 Å². The van der Waals surface area contributed by atoms with Gasteiger partial charge in [-0.05, 0) is 74.8 Å². The van der Waals surface area contributed by atoms with E-state index in [0.717, 1.165) is 56.8 Å². The second-order valence-electron chi connectivity index (χ2n) is 12.3. The molecule has 1 N–H and O–H groups in total. The number of nitrogens with zero attached hydrogens (tertiary/aromatic N) is 2. The Kier molecular flexibility index (Phi) is 11.1. The Hall–Kier alpha value is -2.57. The highest BCUT2D eigenvalue weighted by Gasteiger charge is 2.53. The van der Waals surface area contributed by atoms with Crippen molar-refractivity contribution in [2.75, 3.05) is 26.2 Å². The number of piperidine rings is 1. The Morgan fingerprint density at radius 2 is 1.68 bits per heavy atom. The van der Waals surface area contributed by atoms with Crippen LogP contribution in [0.4, 0.5) is 0 Å². The van der Waals surface area contributed by atoms with Crippen LogP contribution in [0, 0.1) is 12.8 Å². The van der Waals surface area contributed by atoms with Gasteiger partial charge in [-0.1, -0.05) is 75.3 Å². The van der Waals surface area contributed by atoms with Crippen molar-refractivity contribution in [3.05, 3.63) is 59.7 Å². The van der Waals surface area contributed by atoms with Crippen molar-refractivity contribution in [1.29, 1.82) is 0 Å². The molecule has 2 aliphatic heterocycles. The molecule has 7 heteroatoms. The molecule has 3 fully saturated rings. The van der Waals surface area contributed by atoms with Crippen LogP contribution in [0.2, 0.25) is 0 Å². The van der Waals surface area contributed by atoms with Gasteiger partial charge >= 0.3 is 0 Å². The first-order valence-electron chi connectivity index (χ1n) is 15.6. The number of ether oxygens (including phenoxy) is 1. The van der Waals surface area contributed by atoms with Crippen molar-refractivity contribution in [2.24, 2.45) is 5.92 Å². The molecular formula is C34H48ClN3O3. The third-order valence-corrected chi connectivity index (χ3v) is 9.39. The molecule has 224 valence electrons. The summed E-state index contributed by atoms with van der Waals surface area (Å²) in [7, 11) is 0. The van der Waals surface area contributed by atoms with Gasteiger partial charge in [-0.2, -0.15) is 0 Å². The van der Waals surface area contributed by atoms with Crippen molar-refractivity contribution >= 4 is 24.2 Å². The lowest BCUT2D eigenvalue weighted by Gasteiger charge is -2.52. The summed E-state index contributed by atoms with van der Waals surface area (Å²) in [5, 5.41) is 3.22. The van der Waals surface area contributed by atoms with Gasteiger partial charge in [0.1, 0.15) is 23.1 Å². The molecule has 0 aromatic heterocycles. The standard InChI is InChI=1S/C34H47N3O3.ClH/c1-3-4-20-37-32(38)31(25-27-9-6-5-7-10-27)35-33(39)34(37)18-22-36(23-19-34)21-17-28-11-8-12-30(24-28)40-29-15-13-26(2)14-16-29;/h8,11-16,24,27,31H,3-7,9-10,17-23,25H2,1-2H3,(H,35,39);1H/t31-;/m0./s1. The lowest BCUT2D eigenvalue weighted by atomic mass is 9.79. The van der Waals surface area contributed by atoms with E-state index < -0.39 is 5.54 Å². The van der Waals surface area contributed by atoms with Crippen LogP contribution in [0.3, 0.4) is 0 Å². The zero-order valence-corrected chi connectivity index (χ0v) is 25.7. The lowest BCUT2D eigenvalue weighted by molar-refractivity contribution is -0.161. The van der Waals surface area contributed by atoms with Crippen molar-refractivity contribution in [1.82, 2.24) is 15.1 Å². The summed E-state index contributed by atoms with van der Waals surface area (Å²) in [6.45, 7) is 7.51. The summed E-state index contributed by atoms with van der Waals surface area (Å²) >= 11 is 0. The van der Waals surface area contributed by atoms with Gasteiger partial charge in [-0.15, -0.1) is 12.4 Å². The van der Waals surface area contributed by atoms with E-state index in [-0.39, 0.29) is 30.3 Å². The van der Waals surface area contributed by atoms with Crippen LogP contribution in [0.1, 0.15) is 82.3 Å². The van der Waals surface area contributed by atoms with Gasteiger partial charge in [-0.3, -0.25) is 9.59 Å². The highest BCUT2D eigenvalue weighted by molar-refractivity contribution is 6.00. The predicted octanol–water partition coefficient (Wildman–Crippen LogP) is 6.68. The molecule has 0 radical (unpaired) electrons. The number of carbonyl (C=O) groups excluding carboxylic acids is 2. The van der Waals surface area contributed by atoms with Gasteiger partial charge in [0.05, 0.1) is 0 Å². The number of carbonyl (C=O) groups is 2. The predicted molar refractivity (Wildman–Crippen MR) is 167 cm³/mol. The first-order chi connectivity index (χ1) is 19.5. The number of likely N-dealkylation sites (tertiary alicyclic amines) is 1. The van der Waals surface area contributed by atoms with Crippen LogP contribution in [0.15, 0.2) is 48.5 Å². The van der Waals surface area contributed by atoms with E-state index in [1.165, 1.54) is 43.2 Å². The minimum absolute atomic E-state index is 0. The monoisotopic (exact) mass is 581 g/mol. The minimum Gasteiger partial charge on any atom is -0.457 e. The number of unbranched alkanes of at least 4 members (excludes halogenated alkanes) is 1. The molecule has 0 unspecified atom stereocenters. The molecule has 2 heterocycles. The molecule has 1 atom stereocenters. The van der Waals surface area contributed by atoms with Crippen LogP contribution in [-0.2, 0) is 16.0 Å². The Labute approximate surface area is 252 Å². The number of amides is 2. The van der Waals surface area contributed by atoms with E-state index in [4.69, 9.17) is 4.74 Å². The fraction of sp³-hybridized carbons (Fsp3) is 0.588. The zero-order valence-electron chi connectivity index (χ0n) is 24.9. The van der Waals surface area contributed by atoms with Crippen LogP contribution in [0.25, 0.3) is 0 Å². The number of rotatable bonds is 10. The number of aryl methyl sites for hydroxylation is 1. The summed E-state index contributed by atoms with van der Waals surface area (Å²) in [4.78, 5) is 31.9. The van der Waals surface area contributed by atoms with Gasteiger partial charge in [0.2, 0.25) is 11.8 Å². The Bertz CT molecular complexity index is 1140. The molecule has 6 nitrogen and oxygen atoms in total. The third-order valence-electron chi connectivity index (χ3n) is 9.39. The molecule has 2 aromatic carbocycles. The van der Waals surface area contributed by atoms with Crippen LogP contribution in [0.5, 0.6) is 11.5 Å². The quantitative estimate of drug-likeness (QED) is 0.340. The first-order valence-corrected chi connectivity index (χ1v) is 15.6. The smallest absolute Gasteiger partial charge is 0.246 e. The van der Waals surface area contributed by atoms with Gasteiger partial charge < -0.3 is 19.9 Å². The molecule has 2 amide bonds. The first kappa shape index (κ1) is 31.4. The Morgan fingerprint density at radius 1 is 0.951 bits per heavy atom. The molecule has 41 heavy (non-hydrogen) atoms. The number of nitrogens with one attached hydrogen (secondary N) is 1. The van der Waals surface area contributed by atoms with Crippen molar-refractivity contribution < 1.29 is 14.3 Å². The number of halogens is 1. The molecule has 2 saturated heterocycles. The van der Waals surface area contributed by atoms with Crippen molar-refractivity contribution in [3.63, 3.8) is 0 Å². The second kappa shape index (κ2) is 14.6. The summed E-state index contributed by atoms with van der Waals surface area (Å²) in [5.41, 5.74) is 1.77. The van der Waals surface area contributed by atoms with E-state index in [1.54, 1.807) is 0 Å². The molecule has 2 aromatic rings. The third kappa shape index (κ3) is 7.64. The van der Waals surface area contributed by atoms with Crippen LogP contribution < -0.4 is 10.1 Å². The van der Waals surface area contributed by atoms with Gasteiger partial charge in [0, 0.05) is 26.2 Å². The highest BCUT2D eigenvalue weighted by atomic mass is 35.5. The average molecular weight is 582 g/mol. The normalized spacial score (nSPS) is 21.4. The Morgan fingerprint density at radius 3 is 2.39 bits per heavy atom. The minimum atomic E-state index is -0.687. The zero-order chi connectivity index (χ0) is 28.0. The summed E-state index contributed by atoms with van der Waals surface area (Å²) in [6, 6.07) is 16.1. The number of hydrogen-bond donors (Lipinski definition) is 1. The summed E-state index contributed by atoms with van der Waals surface area (Å²) in [6.07, 6.45) is 11.3. The van der Waals surface area contributed by atoms with Crippen molar-refractivity contribution in [2.45, 2.75) is 96.1 Å². The summed E-state index contributed by atoms with van der Waals surface area (Å²) < 4.78 is 6.07. The maximum absolute atomic E-state index is 13.8. The van der Waals surface area contributed by atoms with E-state index in [9.17, 15) is 9.59 Å². The average Bonchev–Trinajstić information content (AvgIpc) is 2.97. The van der Waals surface area contributed by atoms with E-state index in [0.29, 0.717) is 25.3 Å². The number of hydrogen-bond acceptors (Lipinski definition) is 4. The maximum Gasteiger partial charge on any atom is 0.246 e. The van der Waals surface area contributed by atoms with Gasteiger partial charge in [0.15, 0.2) is 0 Å². The second-order valence-corrected chi connectivity index (χ2v) is 12.3. The molecular weight excluding hydrogens is 534 g/mol. The maximum atomic E-state index is 13.8. The largest absolute Gasteiger partial charge is 0.457 e. The SMILES string of the molecule is CCCCN1C(=O)[C@H](CC2CCCCC2)NC(=O)C12CCN(CCc1cccc(Oc3ccc(C)cc3)c1)CC2.Cl. The van der Waals surface area contributed by atoms with Gasteiger partial charge in [-0.25, -0.2) is 0 Å². The van der Waals surface area contributed by atoms with Gasteiger partial charge in [0.25, 0.3) is 0 Å². The van der Waals surface area contributed by atoms with E-state index in [2.05, 4.69) is 54.4 Å². The molecule has 0 bridgehead atoms. The van der Waals surface area contributed by atoms with Crippen molar-refractivity contribution in [3.8, 4) is 11.5 Å². The fourth-order valence-corrected chi connectivity index (χ4v) is 6.87. The van der Waals surface area contributed by atoms with E-state index in [1.807, 2.05) is 23.1 Å². The molecule has 1 aliphatic carbocycles. The Balaban J connectivity index is 0.00000387.